The fourth-order valence-corrected chi connectivity index (χ4v) is 5.46. The van der Waals surface area contributed by atoms with Gasteiger partial charge in [0.15, 0.2) is 5.65 Å². The Bertz CT molecular complexity index is 1650. The van der Waals surface area contributed by atoms with Crippen LogP contribution in [0.2, 0.25) is 0 Å². The molecule has 0 radical (unpaired) electrons. The average Bonchev–Trinajstić information content (AvgIpc) is 3.58. The van der Waals surface area contributed by atoms with Gasteiger partial charge in [0.2, 0.25) is 5.82 Å². The van der Waals surface area contributed by atoms with Crippen LogP contribution in [0.4, 0.5) is 0 Å². The highest BCUT2D eigenvalue weighted by molar-refractivity contribution is 7.21. The highest BCUT2D eigenvalue weighted by Gasteiger charge is 2.16. The molecule has 4 heterocycles. The molecule has 0 fully saturated rings. The summed E-state index contributed by atoms with van der Waals surface area (Å²) in [7, 11) is 0. The number of nitrogens with zero attached hydrogens (tertiary/aromatic N) is 7. The van der Waals surface area contributed by atoms with Crippen LogP contribution in [0, 0.1) is 13.8 Å². The summed E-state index contributed by atoms with van der Waals surface area (Å²) in [5, 5.41) is 15.5. The maximum atomic E-state index is 4.90. The van der Waals surface area contributed by atoms with Crippen molar-refractivity contribution in [1.82, 2.24) is 40.1 Å². The number of aromatic nitrogens is 8. The molecule has 0 aliphatic rings. The Hall–Kier alpha value is -3.98. The van der Waals surface area contributed by atoms with E-state index in [4.69, 9.17) is 15.0 Å². The molecule has 8 nitrogen and oxygen atoms in total. The molecule has 0 bridgehead atoms. The smallest absolute Gasteiger partial charge is 0.205 e. The second-order valence-corrected chi connectivity index (χ2v) is 9.35. The molecule has 4 aromatic heterocycles. The number of aryl methyl sites for hydroxylation is 3. The van der Waals surface area contributed by atoms with Crippen LogP contribution in [0.5, 0.6) is 0 Å². The van der Waals surface area contributed by atoms with E-state index in [2.05, 4.69) is 63.3 Å². The quantitative estimate of drug-likeness (QED) is 0.379. The molecule has 0 saturated heterocycles. The summed E-state index contributed by atoms with van der Waals surface area (Å²) in [6, 6.07) is 16.6. The van der Waals surface area contributed by atoms with Crippen molar-refractivity contribution in [2.45, 2.75) is 33.7 Å². The molecule has 6 aromatic rings. The molecular formula is C25H22N8S. The minimum absolute atomic E-state index is 0.563. The fourth-order valence-electron chi connectivity index (χ4n) is 4.39. The van der Waals surface area contributed by atoms with Crippen LogP contribution in [-0.2, 0) is 13.0 Å². The largest absolute Gasteiger partial charge is 0.308 e. The number of hydrogen-bond acceptors (Lipinski definition) is 7. The second-order valence-electron chi connectivity index (χ2n) is 8.32. The summed E-state index contributed by atoms with van der Waals surface area (Å²) in [6.07, 6.45) is 0.856. The standard InChI is InChI=1S/C25H22N8S/c1-4-21-28-22-14(2)11-15(3)26-24(22)33(21)13-16-9-10-19-20(12-16)34-25(27-19)18-8-6-5-7-17(18)23-29-31-32-30-23/h5-12H,4,13H2,1-3H3,(H,29,30,31,32). The minimum Gasteiger partial charge on any atom is -0.308 e. The lowest BCUT2D eigenvalue weighted by atomic mass is 10.1. The van der Waals surface area contributed by atoms with E-state index in [-0.39, 0.29) is 0 Å². The molecule has 0 saturated carbocycles. The van der Waals surface area contributed by atoms with Crippen LogP contribution in [0.25, 0.3) is 43.3 Å². The zero-order chi connectivity index (χ0) is 23.2. The van der Waals surface area contributed by atoms with Crippen molar-refractivity contribution >= 4 is 32.7 Å². The van der Waals surface area contributed by atoms with Crippen molar-refractivity contribution in [3.8, 4) is 22.0 Å². The van der Waals surface area contributed by atoms with Gasteiger partial charge in [-0.15, -0.1) is 21.5 Å². The van der Waals surface area contributed by atoms with Crippen molar-refractivity contribution in [1.29, 1.82) is 0 Å². The van der Waals surface area contributed by atoms with Gasteiger partial charge in [-0.05, 0) is 48.4 Å². The number of aromatic amines is 1. The van der Waals surface area contributed by atoms with E-state index in [1.165, 1.54) is 11.1 Å². The van der Waals surface area contributed by atoms with Gasteiger partial charge in [-0.1, -0.05) is 37.3 Å². The van der Waals surface area contributed by atoms with Gasteiger partial charge < -0.3 is 4.57 Å². The summed E-state index contributed by atoms with van der Waals surface area (Å²) >= 11 is 1.67. The van der Waals surface area contributed by atoms with E-state index in [9.17, 15) is 0 Å². The second kappa shape index (κ2) is 8.11. The summed E-state index contributed by atoms with van der Waals surface area (Å²) < 4.78 is 3.38. The Labute approximate surface area is 199 Å². The number of nitrogens with one attached hydrogen (secondary N) is 1. The first-order valence-electron chi connectivity index (χ1n) is 11.2. The molecule has 6 rings (SSSR count). The number of benzene rings is 2. The fraction of sp³-hybridized carbons (Fsp3) is 0.200. The predicted molar refractivity (Wildman–Crippen MR) is 134 cm³/mol. The molecular weight excluding hydrogens is 444 g/mol. The van der Waals surface area contributed by atoms with Gasteiger partial charge in [0, 0.05) is 23.2 Å². The molecule has 0 unspecified atom stereocenters. The summed E-state index contributed by atoms with van der Waals surface area (Å²) in [4.78, 5) is 14.6. The number of fused-ring (bicyclic) bond motifs is 2. The molecule has 0 aliphatic heterocycles. The topological polar surface area (TPSA) is 98.1 Å². The Morgan fingerprint density at radius 3 is 2.62 bits per heavy atom. The van der Waals surface area contributed by atoms with E-state index in [0.717, 1.165) is 62.0 Å². The third-order valence-electron chi connectivity index (χ3n) is 5.95. The Kier molecular flexibility index (Phi) is 4.91. The van der Waals surface area contributed by atoms with Gasteiger partial charge in [0.05, 0.1) is 16.8 Å². The number of rotatable bonds is 5. The van der Waals surface area contributed by atoms with E-state index in [1.54, 1.807) is 11.3 Å². The molecule has 2 aromatic carbocycles. The lowest BCUT2D eigenvalue weighted by molar-refractivity contribution is 0.746. The van der Waals surface area contributed by atoms with E-state index in [1.807, 2.05) is 31.2 Å². The van der Waals surface area contributed by atoms with Crippen molar-refractivity contribution in [2.24, 2.45) is 0 Å². The SMILES string of the molecule is CCc1nc2c(C)cc(C)nc2n1Cc1ccc2nc(-c3ccccc3-c3nn[nH]n3)sc2c1. The van der Waals surface area contributed by atoms with Crippen LogP contribution in [-0.4, -0.2) is 40.1 Å². The minimum atomic E-state index is 0.563. The molecule has 1 N–H and O–H groups in total. The van der Waals surface area contributed by atoms with Gasteiger partial charge in [-0.2, -0.15) is 5.21 Å². The number of imidazole rings is 1. The van der Waals surface area contributed by atoms with Gasteiger partial charge in [-0.25, -0.2) is 15.0 Å². The van der Waals surface area contributed by atoms with E-state index >= 15 is 0 Å². The van der Waals surface area contributed by atoms with Gasteiger partial charge in [0.25, 0.3) is 0 Å². The van der Waals surface area contributed by atoms with Crippen LogP contribution < -0.4 is 0 Å². The first-order valence-corrected chi connectivity index (χ1v) is 12.0. The molecule has 9 heteroatoms. The molecule has 0 aliphatic carbocycles. The first kappa shape index (κ1) is 20.6. The number of pyridine rings is 1. The molecule has 0 atom stereocenters. The third-order valence-corrected chi connectivity index (χ3v) is 7.01. The van der Waals surface area contributed by atoms with Crippen molar-refractivity contribution in [3.05, 3.63) is 71.2 Å². The van der Waals surface area contributed by atoms with E-state index < -0.39 is 0 Å². The Balaban J connectivity index is 1.41. The van der Waals surface area contributed by atoms with Crippen molar-refractivity contribution in [3.63, 3.8) is 0 Å². The normalized spacial score (nSPS) is 11.6. The van der Waals surface area contributed by atoms with Gasteiger partial charge in [-0.3, -0.25) is 0 Å². The predicted octanol–water partition coefficient (Wildman–Crippen LogP) is 5.12. The summed E-state index contributed by atoms with van der Waals surface area (Å²) in [5.74, 6) is 1.61. The van der Waals surface area contributed by atoms with Gasteiger partial charge in [0.1, 0.15) is 16.3 Å². The Morgan fingerprint density at radius 1 is 0.971 bits per heavy atom. The molecule has 0 amide bonds. The number of H-pyrrole nitrogens is 1. The highest BCUT2D eigenvalue weighted by atomic mass is 32.1. The number of tetrazole rings is 1. The third kappa shape index (κ3) is 3.45. The van der Waals surface area contributed by atoms with Gasteiger partial charge >= 0.3 is 0 Å². The zero-order valence-corrected chi connectivity index (χ0v) is 19.9. The lowest BCUT2D eigenvalue weighted by Crippen LogP contribution is -2.05. The van der Waals surface area contributed by atoms with Crippen LogP contribution >= 0.6 is 11.3 Å². The molecule has 34 heavy (non-hydrogen) atoms. The molecule has 168 valence electrons. The summed E-state index contributed by atoms with van der Waals surface area (Å²) in [5.41, 5.74) is 8.19. The maximum absolute atomic E-state index is 4.90. The zero-order valence-electron chi connectivity index (χ0n) is 19.1. The Morgan fingerprint density at radius 2 is 1.82 bits per heavy atom. The monoisotopic (exact) mass is 466 g/mol. The molecule has 0 spiro atoms. The first-order chi connectivity index (χ1) is 16.6. The summed E-state index contributed by atoms with van der Waals surface area (Å²) in [6.45, 7) is 7.00. The van der Waals surface area contributed by atoms with Crippen molar-refractivity contribution < 1.29 is 0 Å². The van der Waals surface area contributed by atoms with Crippen molar-refractivity contribution in [2.75, 3.05) is 0 Å². The van der Waals surface area contributed by atoms with Crippen LogP contribution in [0.1, 0.15) is 29.6 Å². The highest BCUT2D eigenvalue weighted by Crippen LogP contribution is 2.36. The van der Waals surface area contributed by atoms with Crippen LogP contribution in [0.3, 0.4) is 0 Å². The lowest BCUT2D eigenvalue weighted by Gasteiger charge is -2.08. The van der Waals surface area contributed by atoms with E-state index in [0.29, 0.717) is 5.82 Å². The van der Waals surface area contributed by atoms with Crippen LogP contribution in [0.15, 0.2) is 48.5 Å². The number of hydrogen-bond donors (Lipinski definition) is 1. The average molecular weight is 467 g/mol. The maximum Gasteiger partial charge on any atom is 0.205 e. The number of thiazole rings is 1.